The number of nitrogens with one attached hydrogen (secondary N) is 2. The lowest BCUT2D eigenvalue weighted by Crippen LogP contribution is -2.44. The fourth-order valence-corrected chi connectivity index (χ4v) is 2.60. The summed E-state index contributed by atoms with van der Waals surface area (Å²) < 4.78 is 5.17. The molecule has 0 aliphatic carbocycles. The van der Waals surface area contributed by atoms with Crippen molar-refractivity contribution < 1.29 is 14.0 Å². The minimum Gasteiger partial charge on any atom is -0.467 e. The van der Waals surface area contributed by atoms with Gasteiger partial charge in [0.15, 0.2) is 0 Å². The normalized spacial score (nSPS) is 16.4. The molecular weight excluding hydrogens is 282 g/mol. The van der Waals surface area contributed by atoms with Crippen LogP contribution in [0.2, 0.25) is 0 Å². The zero-order chi connectivity index (χ0) is 15.8. The van der Waals surface area contributed by atoms with Crippen molar-refractivity contribution in [3.05, 3.63) is 24.2 Å². The van der Waals surface area contributed by atoms with E-state index in [0.29, 0.717) is 13.1 Å². The van der Waals surface area contributed by atoms with Gasteiger partial charge in [0.1, 0.15) is 5.76 Å². The van der Waals surface area contributed by atoms with Crippen molar-refractivity contribution in [1.29, 1.82) is 0 Å². The molecule has 1 aromatic rings. The van der Waals surface area contributed by atoms with Gasteiger partial charge in [-0.05, 0) is 44.5 Å². The number of carbonyl (C=O) groups is 2. The third kappa shape index (κ3) is 5.18. The first kappa shape index (κ1) is 16.5. The summed E-state index contributed by atoms with van der Waals surface area (Å²) >= 11 is 0. The molecule has 2 N–H and O–H groups in total. The lowest BCUT2D eigenvalue weighted by Gasteiger charge is -2.30. The van der Waals surface area contributed by atoms with Crippen molar-refractivity contribution in [1.82, 2.24) is 15.5 Å². The molecule has 0 unspecified atom stereocenters. The van der Waals surface area contributed by atoms with E-state index >= 15 is 0 Å². The first-order valence-electron chi connectivity index (χ1n) is 7.98. The second kappa shape index (κ2) is 8.58. The largest absolute Gasteiger partial charge is 0.467 e. The van der Waals surface area contributed by atoms with Crippen molar-refractivity contribution in [2.24, 2.45) is 5.92 Å². The van der Waals surface area contributed by atoms with E-state index in [9.17, 15) is 9.59 Å². The van der Waals surface area contributed by atoms with Gasteiger partial charge in [-0.1, -0.05) is 6.92 Å². The maximum absolute atomic E-state index is 11.9. The number of carbonyl (C=O) groups excluding carboxylic acids is 2. The summed E-state index contributed by atoms with van der Waals surface area (Å²) in [6.07, 6.45) is 4.19. The predicted molar refractivity (Wildman–Crippen MR) is 83.0 cm³/mol. The summed E-state index contributed by atoms with van der Waals surface area (Å²) in [5, 5.41) is 5.79. The van der Waals surface area contributed by atoms with Gasteiger partial charge in [0, 0.05) is 12.5 Å². The quantitative estimate of drug-likeness (QED) is 0.792. The molecule has 122 valence electrons. The maximum atomic E-state index is 11.9. The Kier molecular flexibility index (Phi) is 6.45. The molecule has 1 saturated heterocycles. The van der Waals surface area contributed by atoms with Crippen molar-refractivity contribution in [2.45, 2.75) is 32.7 Å². The number of amides is 2. The maximum Gasteiger partial charge on any atom is 0.234 e. The molecule has 6 heteroatoms. The second-order valence-corrected chi connectivity index (χ2v) is 5.70. The Morgan fingerprint density at radius 3 is 2.73 bits per heavy atom. The summed E-state index contributed by atoms with van der Waals surface area (Å²) in [6, 6.07) is 3.64. The van der Waals surface area contributed by atoms with Crippen LogP contribution in [-0.2, 0) is 16.1 Å². The van der Waals surface area contributed by atoms with Gasteiger partial charge < -0.3 is 15.1 Å². The monoisotopic (exact) mass is 307 g/mol. The Labute approximate surface area is 131 Å². The molecule has 0 bridgehead atoms. The van der Waals surface area contributed by atoms with Gasteiger partial charge >= 0.3 is 0 Å². The van der Waals surface area contributed by atoms with Crippen LogP contribution >= 0.6 is 0 Å². The van der Waals surface area contributed by atoms with Crippen molar-refractivity contribution in [3.63, 3.8) is 0 Å². The Morgan fingerprint density at radius 1 is 1.32 bits per heavy atom. The van der Waals surface area contributed by atoms with Crippen LogP contribution in [0.3, 0.4) is 0 Å². The highest BCUT2D eigenvalue weighted by Crippen LogP contribution is 2.17. The van der Waals surface area contributed by atoms with Crippen molar-refractivity contribution in [2.75, 3.05) is 26.2 Å². The van der Waals surface area contributed by atoms with Gasteiger partial charge in [-0.15, -0.1) is 0 Å². The summed E-state index contributed by atoms with van der Waals surface area (Å²) in [5.41, 5.74) is 0. The number of rotatable bonds is 7. The van der Waals surface area contributed by atoms with Gasteiger partial charge in [0.05, 0.1) is 19.4 Å². The fraction of sp³-hybridized carbons (Fsp3) is 0.625. The molecule has 0 spiro atoms. The average Bonchev–Trinajstić information content (AvgIpc) is 3.05. The van der Waals surface area contributed by atoms with Gasteiger partial charge in [-0.2, -0.15) is 0 Å². The number of likely N-dealkylation sites (tertiary alicyclic amines) is 1. The van der Waals surface area contributed by atoms with E-state index in [-0.39, 0.29) is 17.7 Å². The summed E-state index contributed by atoms with van der Waals surface area (Å²) in [7, 11) is 0. The van der Waals surface area contributed by atoms with E-state index in [2.05, 4.69) is 15.5 Å². The zero-order valence-electron chi connectivity index (χ0n) is 13.1. The SMILES string of the molecule is CCCNC(=O)C1CCN(CC(=O)NCc2ccco2)CC1. The number of hydrogen-bond donors (Lipinski definition) is 2. The van der Waals surface area contributed by atoms with E-state index in [1.165, 1.54) is 0 Å². The van der Waals surface area contributed by atoms with Crippen LogP contribution in [0.1, 0.15) is 31.9 Å². The standard InChI is InChI=1S/C16H25N3O3/c1-2-7-17-16(21)13-5-8-19(9-6-13)12-15(20)18-11-14-4-3-10-22-14/h3-4,10,13H,2,5-9,11-12H2,1H3,(H,17,21)(H,18,20). The zero-order valence-corrected chi connectivity index (χ0v) is 13.1. The predicted octanol–water partition coefficient (Wildman–Crippen LogP) is 1.13. The molecule has 2 heterocycles. The summed E-state index contributed by atoms with van der Waals surface area (Å²) in [5.74, 6) is 0.989. The Hall–Kier alpha value is -1.82. The smallest absolute Gasteiger partial charge is 0.234 e. The number of furan rings is 1. The van der Waals surface area contributed by atoms with E-state index in [0.717, 1.165) is 44.7 Å². The Balaban J connectivity index is 1.64. The molecule has 0 saturated carbocycles. The van der Waals surface area contributed by atoms with E-state index in [4.69, 9.17) is 4.42 Å². The molecule has 6 nitrogen and oxygen atoms in total. The second-order valence-electron chi connectivity index (χ2n) is 5.70. The lowest BCUT2D eigenvalue weighted by molar-refractivity contribution is -0.126. The highest BCUT2D eigenvalue weighted by Gasteiger charge is 2.25. The van der Waals surface area contributed by atoms with Crippen molar-refractivity contribution >= 4 is 11.8 Å². The van der Waals surface area contributed by atoms with Crippen LogP contribution in [0, 0.1) is 5.92 Å². The van der Waals surface area contributed by atoms with Gasteiger partial charge in [-0.25, -0.2) is 0 Å². The molecule has 1 aliphatic heterocycles. The lowest BCUT2D eigenvalue weighted by atomic mass is 9.96. The van der Waals surface area contributed by atoms with Gasteiger partial charge in [-0.3, -0.25) is 14.5 Å². The Morgan fingerprint density at radius 2 is 2.09 bits per heavy atom. The molecular formula is C16H25N3O3. The third-order valence-corrected chi connectivity index (χ3v) is 3.91. The van der Waals surface area contributed by atoms with Gasteiger partial charge in [0.25, 0.3) is 0 Å². The molecule has 0 radical (unpaired) electrons. The third-order valence-electron chi connectivity index (χ3n) is 3.91. The molecule has 2 rings (SSSR count). The molecule has 1 aliphatic rings. The van der Waals surface area contributed by atoms with Gasteiger partial charge in [0.2, 0.25) is 11.8 Å². The van der Waals surface area contributed by atoms with Crippen LogP contribution in [-0.4, -0.2) is 42.9 Å². The molecule has 0 atom stereocenters. The minimum atomic E-state index is -0.00900. The fourth-order valence-electron chi connectivity index (χ4n) is 2.60. The summed E-state index contributed by atoms with van der Waals surface area (Å²) in [6.45, 7) is 5.17. The first-order chi connectivity index (χ1) is 10.7. The van der Waals surface area contributed by atoms with Crippen LogP contribution in [0.15, 0.2) is 22.8 Å². The topological polar surface area (TPSA) is 74.6 Å². The number of piperidine rings is 1. The molecule has 1 fully saturated rings. The number of nitrogens with zero attached hydrogens (tertiary/aromatic N) is 1. The highest BCUT2D eigenvalue weighted by atomic mass is 16.3. The van der Waals surface area contributed by atoms with Crippen LogP contribution in [0.25, 0.3) is 0 Å². The highest BCUT2D eigenvalue weighted by molar-refractivity contribution is 5.79. The van der Waals surface area contributed by atoms with E-state index < -0.39 is 0 Å². The van der Waals surface area contributed by atoms with E-state index in [1.54, 1.807) is 12.3 Å². The van der Waals surface area contributed by atoms with Crippen molar-refractivity contribution in [3.8, 4) is 0 Å². The molecule has 0 aromatic carbocycles. The Bertz CT molecular complexity index is 465. The van der Waals surface area contributed by atoms with E-state index in [1.807, 2.05) is 13.0 Å². The van der Waals surface area contributed by atoms with Crippen LogP contribution in [0.4, 0.5) is 0 Å². The average molecular weight is 307 g/mol. The minimum absolute atomic E-state index is 0.00900. The van der Waals surface area contributed by atoms with Crippen LogP contribution < -0.4 is 10.6 Å². The molecule has 22 heavy (non-hydrogen) atoms. The number of hydrogen-bond acceptors (Lipinski definition) is 4. The molecule has 2 amide bonds. The van der Waals surface area contributed by atoms with Crippen LogP contribution in [0.5, 0.6) is 0 Å². The molecule has 1 aromatic heterocycles. The summed E-state index contributed by atoms with van der Waals surface area (Å²) in [4.78, 5) is 25.9. The first-order valence-corrected chi connectivity index (χ1v) is 7.98.